The van der Waals surface area contributed by atoms with E-state index in [0.29, 0.717) is 0 Å². The number of hydrogen-bond acceptors (Lipinski definition) is 2. The van der Waals surface area contributed by atoms with Crippen LogP contribution >= 0.6 is 11.6 Å². The van der Waals surface area contributed by atoms with Gasteiger partial charge in [-0.25, -0.2) is 4.68 Å². The molecule has 0 saturated carbocycles. The molecular weight excluding hydrogens is 178 g/mol. The van der Waals surface area contributed by atoms with Crippen LogP contribution in [0.1, 0.15) is 0 Å². The third-order valence-corrected chi connectivity index (χ3v) is 1.30. The van der Waals surface area contributed by atoms with E-state index in [1.807, 2.05) is 0 Å². The summed E-state index contributed by atoms with van der Waals surface area (Å²) in [6.45, 7) is -2.87. The first-order valence-corrected chi connectivity index (χ1v) is 3.11. The Morgan fingerprint density at radius 3 is 2.73 bits per heavy atom. The van der Waals surface area contributed by atoms with Gasteiger partial charge in [-0.2, -0.15) is 13.9 Å². The van der Waals surface area contributed by atoms with Crippen molar-refractivity contribution in [1.29, 1.82) is 0 Å². The minimum absolute atomic E-state index is 0.0767. The summed E-state index contributed by atoms with van der Waals surface area (Å²) in [6, 6.07) is 0. The maximum Gasteiger partial charge on any atom is 0.388 e. The lowest BCUT2D eigenvalue weighted by Gasteiger charge is -2.03. The summed E-state index contributed by atoms with van der Waals surface area (Å²) in [5.41, 5.74) is 0. The lowest BCUT2D eigenvalue weighted by atomic mass is 10.7. The molecular formula is C5H5ClF2N2O. The molecule has 0 radical (unpaired) electrons. The van der Waals surface area contributed by atoms with Crippen molar-refractivity contribution in [3.8, 4) is 5.88 Å². The van der Waals surface area contributed by atoms with Gasteiger partial charge in [0.2, 0.25) is 5.88 Å². The molecule has 1 aromatic heterocycles. The molecule has 0 aliphatic carbocycles. The van der Waals surface area contributed by atoms with Gasteiger partial charge in [-0.15, -0.1) is 0 Å². The lowest BCUT2D eigenvalue weighted by molar-refractivity contribution is -0.0552. The molecule has 3 nitrogen and oxygen atoms in total. The number of rotatable bonds is 2. The molecule has 0 atom stereocenters. The zero-order valence-electron chi connectivity index (χ0n) is 5.59. The Bertz CT molecular complexity index is 231. The highest BCUT2D eigenvalue weighted by atomic mass is 35.5. The second-order valence-corrected chi connectivity index (χ2v) is 2.21. The number of ether oxygens (including phenoxy) is 1. The van der Waals surface area contributed by atoms with Crippen LogP contribution in [-0.4, -0.2) is 16.4 Å². The Morgan fingerprint density at radius 1 is 1.73 bits per heavy atom. The summed E-state index contributed by atoms with van der Waals surface area (Å²) >= 11 is 5.45. The van der Waals surface area contributed by atoms with E-state index in [0.717, 1.165) is 4.68 Å². The first-order valence-electron chi connectivity index (χ1n) is 2.73. The highest BCUT2D eigenvalue weighted by Gasteiger charge is 2.12. The Hall–Kier alpha value is -0.840. The minimum atomic E-state index is -2.87. The molecule has 1 rings (SSSR count). The lowest BCUT2D eigenvalue weighted by Crippen LogP contribution is -2.06. The first kappa shape index (κ1) is 8.26. The van der Waals surface area contributed by atoms with Gasteiger partial charge in [0.15, 0.2) is 0 Å². The Balaban J connectivity index is 2.83. The van der Waals surface area contributed by atoms with Gasteiger partial charge >= 0.3 is 6.61 Å². The van der Waals surface area contributed by atoms with E-state index in [1.54, 1.807) is 0 Å². The number of halogens is 3. The molecule has 0 aromatic carbocycles. The number of nitrogens with zero attached hydrogens (tertiary/aromatic N) is 2. The van der Waals surface area contributed by atoms with Gasteiger partial charge < -0.3 is 4.74 Å². The molecule has 0 bridgehead atoms. The average Bonchev–Trinajstić information content (AvgIpc) is 2.18. The predicted octanol–water partition coefficient (Wildman–Crippen LogP) is 1.67. The largest absolute Gasteiger partial charge is 0.416 e. The Labute approximate surface area is 66.5 Å². The quantitative estimate of drug-likeness (QED) is 0.696. The van der Waals surface area contributed by atoms with Gasteiger partial charge in [-0.05, 0) is 0 Å². The van der Waals surface area contributed by atoms with Crippen LogP contribution in [0.25, 0.3) is 0 Å². The normalized spacial score (nSPS) is 10.6. The predicted molar refractivity (Wildman–Crippen MR) is 34.9 cm³/mol. The second kappa shape index (κ2) is 3.04. The van der Waals surface area contributed by atoms with Crippen molar-refractivity contribution in [1.82, 2.24) is 9.78 Å². The third kappa shape index (κ3) is 1.80. The fourth-order valence-corrected chi connectivity index (χ4v) is 0.827. The molecule has 6 heteroatoms. The number of aromatic nitrogens is 2. The van der Waals surface area contributed by atoms with Crippen LogP contribution in [0, 0.1) is 0 Å². The minimum Gasteiger partial charge on any atom is -0.416 e. The highest BCUT2D eigenvalue weighted by Crippen LogP contribution is 2.23. The molecule has 0 spiro atoms. The maximum atomic E-state index is 11.6. The zero-order chi connectivity index (χ0) is 8.43. The molecule has 0 aliphatic rings. The van der Waals surface area contributed by atoms with Gasteiger partial charge in [0.1, 0.15) is 5.02 Å². The van der Waals surface area contributed by atoms with E-state index < -0.39 is 6.61 Å². The molecule has 11 heavy (non-hydrogen) atoms. The van der Waals surface area contributed by atoms with Crippen molar-refractivity contribution in [2.75, 3.05) is 0 Å². The van der Waals surface area contributed by atoms with E-state index in [-0.39, 0.29) is 10.9 Å². The van der Waals surface area contributed by atoms with Crippen LogP contribution in [0.2, 0.25) is 5.02 Å². The summed E-state index contributed by atoms with van der Waals surface area (Å²) in [5.74, 6) is -0.123. The fourth-order valence-electron chi connectivity index (χ4n) is 0.616. The maximum absolute atomic E-state index is 11.6. The monoisotopic (exact) mass is 182 g/mol. The SMILES string of the molecule is Cn1ncc(Cl)c1OC(F)F. The summed E-state index contributed by atoms with van der Waals surface area (Å²) in [4.78, 5) is 0. The van der Waals surface area contributed by atoms with Crippen molar-refractivity contribution in [3.63, 3.8) is 0 Å². The Kier molecular flexibility index (Phi) is 2.28. The van der Waals surface area contributed by atoms with Crippen molar-refractivity contribution in [2.24, 2.45) is 7.05 Å². The van der Waals surface area contributed by atoms with E-state index >= 15 is 0 Å². The standard InChI is InChI=1S/C5H5ClF2N2O/c1-10-4(11-5(7)8)3(6)2-9-10/h2,5H,1H3. The first-order chi connectivity index (χ1) is 5.11. The molecule has 0 saturated heterocycles. The third-order valence-electron chi connectivity index (χ3n) is 1.04. The highest BCUT2D eigenvalue weighted by molar-refractivity contribution is 6.31. The number of alkyl halides is 2. The smallest absolute Gasteiger partial charge is 0.388 e. The second-order valence-electron chi connectivity index (χ2n) is 1.80. The molecule has 1 heterocycles. The summed E-state index contributed by atoms with van der Waals surface area (Å²) in [7, 11) is 1.46. The van der Waals surface area contributed by atoms with Crippen molar-refractivity contribution in [2.45, 2.75) is 6.61 Å². The van der Waals surface area contributed by atoms with Crippen molar-refractivity contribution >= 4 is 11.6 Å². The van der Waals surface area contributed by atoms with Gasteiger partial charge in [0, 0.05) is 7.05 Å². The molecule has 0 amide bonds. The average molecular weight is 183 g/mol. The van der Waals surface area contributed by atoms with Crippen LogP contribution in [0.3, 0.4) is 0 Å². The molecule has 0 unspecified atom stereocenters. The molecule has 1 aromatic rings. The van der Waals surface area contributed by atoms with Gasteiger partial charge in [-0.3, -0.25) is 0 Å². The van der Waals surface area contributed by atoms with Gasteiger partial charge in [0.05, 0.1) is 6.20 Å². The molecule has 62 valence electrons. The molecule has 0 fully saturated rings. The summed E-state index contributed by atoms with van der Waals surface area (Å²) < 4.78 is 28.5. The molecule has 0 N–H and O–H groups in total. The fraction of sp³-hybridized carbons (Fsp3) is 0.400. The van der Waals surface area contributed by atoms with Crippen LogP contribution in [0.4, 0.5) is 8.78 Å². The molecule has 0 aliphatic heterocycles. The number of hydrogen-bond donors (Lipinski definition) is 0. The Morgan fingerprint density at radius 2 is 2.36 bits per heavy atom. The van der Waals surface area contributed by atoms with Crippen LogP contribution in [-0.2, 0) is 7.05 Å². The van der Waals surface area contributed by atoms with Crippen LogP contribution in [0.5, 0.6) is 5.88 Å². The van der Waals surface area contributed by atoms with E-state index in [4.69, 9.17) is 11.6 Å². The van der Waals surface area contributed by atoms with Crippen LogP contribution in [0.15, 0.2) is 6.20 Å². The summed E-state index contributed by atoms with van der Waals surface area (Å²) in [6.07, 6.45) is 1.24. The topological polar surface area (TPSA) is 27.1 Å². The zero-order valence-corrected chi connectivity index (χ0v) is 6.35. The summed E-state index contributed by atoms with van der Waals surface area (Å²) in [5, 5.41) is 3.67. The van der Waals surface area contributed by atoms with Crippen molar-refractivity contribution < 1.29 is 13.5 Å². The van der Waals surface area contributed by atoms with Crippen LogP contribution < -0.4 is 4.74 Å². The van der Waals surface area contributed by atoms with Gasteiger partial charge in [0.25, 0.3) is 0 Å². The van der Waals surface area contributed by atoms with Crippen molar-refractivity contribution in [3.05, 3.63) is 11.2 Å². The number of aryl methyl sites for hydroxylation is 1. The van der Waals surface area contributed by atoms with E-state index in [1.165, 1.54) is 13.2 Å². The van der Waals surface area contributed by atoms with E-state index in [2.05, 4.69) is 9.84 Å². The van der Waals surface area contributed by atoms with E-state index in [9.17, 15) is 8.78 Å². The van der Waals surface area contributed by atoms with Gasteiger partial charge in [-0.1, -0.05) is 11.6 Å².